The molecule has 5 nitrogen and oxygen atoms in total. The van der Waals surface area contributed by atoms with Gasteiger partial charge in [-0.25, -0.2) is 13.8 Å². The van der Waals surface area contributed by atoms with Crippen LogP contribution in [-0.4, -0.2) is 18.5 Å². The molecule has 0 aliphatic heterocycles. The zero-order valence-electron chi connectivity index (χ0n) is 12.5. The van der Waals surface area contributed by atoms with Gasteiger partial charge in [-0.2, -0.15) is 0 Å². The number of halogens is 1. The predicted octanol–water partition coefficient (Wildman–Crippen LogP) is 3.81. The lowest BCUT2D eigenvalue weighted by Crippen LogP contribution is -2.24. The Morgan fingerprint density at radius 2 is 1.50 bits per heavy atom. The van der Waals surface area contributed by atoms with E-state index < -0.39 is 26.1 Å². The number of esters is 1. The van der Waals surface area contributed by atoms with Gasteiger partial charge in [0, 0.05) is 0 Å². The van der Waals surface area contributed by atoms with Gasteiger partial charge < -0.3 is 13.8 Å². The zero-order valence-corrected chi connectivity index (χ0v) is 13.4. The number of benzene rings is 2. The first-order valence-electron chi connectivity index (χ1n) is 6.88. The molecular formula is C17H14FO5P. The summed E-state index contributed by atoms with van der Waals surface area (Å²) in [6.07, 6.45) is 4.95. The summed E-state index contributed by atoms with van der Waals surface area (Å²) in [6.45, 7) is -0.448. The molecule has 0 N–H and O–H groups in total. The fraction of sp³-hybridized carbons (Fsp3) is 0.118. The highest BCUT2D eigenvalue weighted by Gasteiger charge is 2.46. The van der Waals surface area contributed by atoms with Crippen LogP contribution in [0.25, 0.3) is 0 Å². The van der Waals surface area contributed by atoms with E-state index in [-0.39, 0.29) is 11.5 Å². The average molecular weight is 348 g/mol. The van der Waals surface area contributed by atoms with Crippen molar-refractivity contribution in [1.82, 2.24) is 0 Å². The van der Waals surface area contributed by atoms with Crippen molar-refractivity contribution in [2.75, 3.05) is 6.61 Å². The van der Waals surface area contributed by atoms with Crippen molar-refractivity contribution in [2.24, 2.45) is 0 Å². The fourth-order valence-electron chi connectivity index (χ4n) is 1.68. The predicted molar refractivity (Wildman–Crippen MR) is 86.4 cm³/mol. The Hall–Kier alpha value is -2.77. The largest absolute Gasteiger partial charge is 0.476 e. The Labute approximate surface area is 138 Å². The van der Waals surface area contributed by atoms with E-state index in [1.54, 1.807) is 36.4 Å². The lowest BCUT2D eigenvalue weighted by molar-refractivity contribution is -0.145. The molecular weight excluding hydrogens is 334 g/mol. The third-order valence-electron chi connectivity index (χ3n) is 2.72. The molecule has 2 rings (SSSR count). The monoisotopic (exact) mass is 348 g/mol. The topological polar surface area (TPSA) is 61.8 Å². The minimum absolute atomic E-state index is 0.0872. The molecule has 124 valence electrons. The third-order valence-corrected chi connectivity index (χ3v) is 4.42. The van der Waals surface area contributed by atoms with Gasteiger partial charge >= 0.3 is 19.5 Å². The normalized spacial score (nSPS) is 11.8. The Kier molecular flexibility index (Phi) is 6.00. The van der Waals surface area contributed by atoms with Crippen molar-refractivity contribution in [3.8, 4) is 23.8 Å². The molecule has 1 unspecified atom stereocenters. The number of para-hydroxylation sites is 2. The number of ether oxygens (including phenoxy) is 1. The SMILES string of the molecule is C#CCOC(=O)C(F)P(=O)(Oc1ccccc1)Oc1ccccc1. The summed E-state index contributed by atoms with van der Waals surface area (Å²) in [5, 5.41) is 0. The fourth-order valence-corrected chi connectivity index (χ4v) is 3.06. The van der Waals surface area contributed by atoms with Crippen molar-refractivity contribution in [3.05, 3.63) is 60.7 Å². The van der Waals surface area contributed by atoms with Gasteiger partial charge in [0.2, 0.25) is 0 Å². The highest BCUT2D eigenvalue weighted by atomic mass is 31.2. The average Bonchev–Trinajstić information content (AvgIpc) is 2.60. The maximum atomic E-state index is 14.5. The molecule has 0 saturated carbocycles. The molecule has 1 atom stereocenters. The Bertz CT molecular complexity index is 712. The molecule has 0 aliphatic carbocycles. The number of carbonyl (C=O) groups is 1. The summed E-state index contributed by atoms with van der Waals surface area (Å²) in [6, 6.07) is 15.6. The molecule has 7 heteroatoms. The number of carbonyl (C=O) groups excluding carboxylic acids is 1. The highest BCUT2D eigenvalue weighted by molar-refractivity contribution is 7.56. The van der Waals surface area contributed by atoms with Crippen LogP contribution in [-0.2, 0) is 14.1 Å². The van der Waals surface area contributed by atoms with Crippen molar-refractivity contribution < 1.29 is 27.5 Å². The van der Waals surface area contributed by atoms with Gasteiger partial charge in [-0.05, 0) is 24.3 Å². The molecule has 0 saturated heterocycles. The van der Waals surface area contributed by atoms with Crippen LogP contribution in [0.4, 0.5) is 4.39 Å². The summed E-state index contributed by atoms with van der Waals surface area (Å²) in [5.41, 5.74) is 0. The second-order valence-electron chi connectivity index (χ2n) is 4.50. The number of hydrogen-bond acceptors (Lipinski definition) is 5. The van der Waals surface area contributed by atoms with Crippen LogP contribution >= 0.6 is 7.60 Å². The van der Waals surface area contributed by atoms with Crippen LogP contribution in [0.2, 0.25) is 0 Å². The standard InChI is InChI=1S/C17H14FO5P/c1-2-13-21-17(19)16(18)24(20,22-14-9-5-3-6-10-14)23-15-11-7-4-8-12-15/h1,3-12,16H,13H2. The van der Waals surface area contributed by atoms with E-state index >= 15 is 0 Å². The van der Waals surface area contributed by atoms with Crippen LogP contribution in [0.5, 0.6) is 11.5 Å². The van der Waals surface area contributed by atoms with Gasteiger partial charge in [0.15, 0.2) is 6.61 Å². The van der Waals surface area contributed by atoms with E-state index in [4.69, 9.17) is 15.5 Å². The zero-order chi connectivity index (χ0) is 17.4. The molecule has 2 aromatic rings. The van der Waals surface area contributed by atoms with Crippen LogP contribution in [0, 0.1) is 12.3 Å². The summed E-state index contributed by atoms with van der Waals surface area (Å²) in [4.78, 5) is 11.7. The molecule has 0 heterocycles. The summed E-state index contributed by atoms with van der Waals surface area (Å²) >= 11 is 0. The van der Waals surface area contributed by atoms with Crippen LogP contribution in [0.1, 0.15) is 0 Å². The van der Waals surface area contributed by atoms with Crippen LogP contribution in [0.3, 0.4) is 0 Å². The molecule has 0 radical (unpaired) electrons. The number of rotatable bonds is 7. The summed E-state index contributed by atoms with van der Waals surface area (Å²) in [7, 11) is -4.56. The van der Waals surface area contributed by atoms with E-state index in [2.05, 4.69) is 4.74 Å². The molecule has 2 aromatic carbocycles. The highest BCUT2D eigenvalue weighted by Crippen LogP contribution is 2.53. The summed E-state index contributed by atoms with van der Waals surface area (Å²) in [5.74, 6) is -1.86. The first kappa shape index (κ1) is 17.6. The van der Waals surface area contributed by atoms with Gasteiger partial charge in [0.25, 0.3) is 0 Å². The lowest BCUT2D eigenvalue weighted by atomic mass is 10.3. The van der Waals surface area contributed by atoms with E-state index in [1.165, 1.54) is 24.3 Å². The van der Waals surface area contributed by atoms with Gasteiger partial charge in [-0.15, -0.1) is 6.42 Å². The maximum Gasteiger partial charge on any atom is 0.476 e. The first-order valence-corrected chi connectivity index (χ1v) is 8.49. The minimum Gasteiger partial charge on any atom is -0.450 e. The van der Waals surface area contributed by atoms with Gasteiger partial charge in [0.1, 0.15) is 11.5 Å². The van der Waals surface area contributed by atoms with E-state index in [9.17, 15) is 13.8 Å². The maximum absolute atomic E-state index is 14.5. The number of alkyl halides is 1. The minimum atomic E-state index is -4.56. The Morgan fingerprint density at radius 1 is 1.04 bits per heavy atom. The molecule has 0 aliphatic rings. The number of hydrogen-bond donors (Lipinski definition) is 0. The smallest absolute Gasteiger partial charge is 0.450 e. The van der Waals surface area contributed by atoms with Crippen molar-refractivity contribution in [2.45, 2.75) is 5.91 Å². The summed E-state index contributed by atoms with van der Waals surface area (Å²) < 4.78 is 42.2. The van der Waals surface area contributed by atoms with E-state index in [0.29, 0.717) is 0 Å². The molecule has 0 fully saturated rings. The van der Waals surface area contributed by atoms with Crippen molar-refractivity contribution in [3.63, 3.8) is 0 Å². The van der Waals surface area contributed by atoms with Crippen molar-refractivity contribution >= 4 is 13.6 Å². The molecule has 0 amide bonds. The van der Waals surface area contributed by atoms with Crippen LogP contribution in [0.15, 0.2) is 60.7 Å². The lowest BCUT2D eigenvalue weighted by Gasteiger charge is -2.21. The second-order valence-corrected chi connectivity index (χ2v) is 6.39. The van der Waals surface area contributed by atoms with Gasteiger partial charge in [-0.3, -0.25) is 0 Å². The second kappa shape index (κ2) is 8.19. The van der Waals surface area contributed by atoms with Gasteiger partial charge in [0.05, 0.1) is 0 Å². The molecule has 0 spiro atoms. The Morgan fingerprint density at radius 3 is 1.92 bits per heavy atom. The van der Waals surface area contributed by atoms with E-state index in [1.807, 2.05) is 5.92 Å². The quantitative estimate of drug-likeness (QED) is 0.433. The van der Waals surface area contributed by atoms with Crippen LogP contribution < -0.4 is 9.05 Å². The number of terminal acetylenes is 1. The Balaban J connectivity index is 2.28. The van der Waals surface area contributed by atoms with Crippen molar-refractivity contribution in [1.29, 1.82) is 0 Å². The first-order chi connectivity index (χ1) is 11.5. The molecule has 0 aromatic heterocycles. The van der Waals surface area contributed by atoms with E-state index in [0.717, 1.165) is 0 Å². The molecule has 24 heavy (non-hydrogen) atoms. The molecule has 0 bridgehead atoms. The third kappa shape index (κ3) is 4.61. The van der Waals surface area contributed by atoms with Gasteiger partial charge in [-0.1, -0.05) is 42.3 Å².